The molecule has 1 N–H and O–H groups in total. The molecule has 1 atom stereocenters. The molecular formula is C16H14Cl2N4O2S. The van der Waals surface area contributed by atoms with Crippen LogP contribution in [0.4, 0.5) is 10.8 Å². The van der Waals surface area contributed by atoms with E-state index in [4.69, 9.17) is 23.2 Å². The van der Waals surface area contributed by atoms with Crippen LogP contribution in [0.5, 0.6) is 0 Å². The molecular weight excluding hydrogens is 383 g/mol. The number of aromatic nitrogens is 2. The first-order chi connectivity index (χ1) is 12.0. The van der Waals surface area contributed by atoms with Gasteiger partial charge in [-0.2, -0.15) is 0 Å². The fraction of sp³-hybridized carbons (Fsp3) is 0.375. The van der Waals surface area contributed by atoms with E-state index in [2.05, 4.69) is 15.5 Å². The largest absolute Gasteiger partial charge is 0.312 e. The Hall–Kier alpha value is -1.70. The number of nitrogens with zero attached hydrogens (tertiary/aromatic N) is 3. The van der Waals surface area contributed by atoms with Crippen LogP contribution in [0.3, 0.4) is 0 Å². The van der Waals surface area contributed by atoms with E-state index in [1.165, 1.54) is 11.3 Å². The summed E-state index contributed by atoms with van der Waals surface area (Å²) in [6.45, 7) is 0.302. The molecule has 4 rings (SSSR count). The third-order valence-electron chi connectivity index (χ3n) is 4.31. The lowest BCUT2D eigenvalue weighted by molar-refractivity contribution is -0.122. The van der Waals surface area contributed by atoms with Crippen molar-refractivity contribution in [3.05, 3.63) is 33.3 Å². The molecule has 1 aromatic carbocycles. The van der Waals surface area contributed by atoms with E-state index >= 15 is 0 Å². The lowest BCUT2D eigenvalue weighted by Gasteiger charge is -2.17. The highest BCUT2D eigenvalue weighted by Gasteiger charge is 2.36. The highest BCUT2D eigenvalue weighted by atomic mass is 35.5. The zero-order valence-corrected chi connectivity index (χ0v) is 15.4. The predicted molar refractivity (Wildman–Crippen MR) is 97.4 cm³/mol. The molecule has 2 aromatic rings. The molecule has 2 aliphatic rings. The van der Waals surface area contributed by atoms with Crippen LogP contribution in [0.1, 0.15) is 30.2 Å². The van der Waals surface area contributed by atoms with Crippen LogP contribution in [0.15, 0.2) is 18.2 Å². The molecule has 0 radical (unpaired) electrons. The Kier molecular flexibility index (Phi) is 4.39. The fourth-order valence-corrected chi connectivity index (χ4v) is 3.98. The van der Waals surface area contributed by atoms with Gasteiger partial charge in [-0.3, -0.25) is 9.59 Å². The van der Waals surface area contributed by atoms with Gasteiger partial charge in [0.05, 0.1) is 16.0 Å². The van der Waals surface area contributed by atoms with Gasteiger partial charge >= 0.3 is 0 Å². The number of rotatable bonds is 4. The number of anilines is 2. The van der Waals surface area contributed by atoms with Gasteiger partial charge < -0.3 is 10.2 Å². The number of nitrogens with one attached hydrogen (secondary N) is 1. The monoisotopic (exact) mass is 396 g/mol. The van der Waals surface area contributed by atoms with Crippen LogP contribution in [-0.2, 0) is 9.59 Å². The normalized spacial score (nSPS) is 20.2. The van der Waals surface area contributed by atoms with Crippen LogP contribution >= 0.6 is 34.5 Å². The molecule has 130 valence electrons. The maximum atomic E-state index is 12.5. The van der Waals surface area contributed by atoms with Crippen LogP contribution in [0.25, 0.3) is 0 Å². The molecule has 1 saturated heterocycles. The average Bonchev–Trinajstić information content (AvgIpc) is 3.21. The summed E-state index contributed by atoms with van der Waals surface area (Å²) in [6.07, 6.45) is 2.43. The predicted octanol–water partition coefficient (Wildman–Crippen LogP) is 3.71. The molecule has 9 heteroatoms. The number of benzene rings is 1. The Morgan fingerprint density at radius 1 is 1.24 bits per heavy atom. The summed E-state index contributed by atoms with van der Waals surface area (Å²) in [4.78, 5) is 26.3. The van der Waals surface area contributed by atoms with Crippen molar-refractivity contribution in [1.29, 1.82) is 0 Å². The highest BCUT2D eigenvalue weighted by Crippen LogP contribution is 2.42. The van der Waals surface area contributed by atoms with E-state index in [0.29, 0.717) is 33.3 Å². The van der Waals surface area contributed by atoms with Gasteiger partial charge in [0.15, 0.2) is 0 Å². The second kappa shape index (κ2) is 6.55. The molecule has 6 nitrogen and oxygen atoms in total. The summed E-state index contributed by atoms with van der Waals surface area (Å²) in [5.41, 5.74) is 0.640. The van der Waals surface area contributed by atoms with Crippen molar-refractivity contribution in [2.24, 2.45) is 5.92 Å². The van der Waals surface area contributed by atoms with Gasteiger partial charge in [-0.1, -0.05) is 34.5 Å². The Bertz CT molecular complexity index is 852. The molecule has 1 aromatic heterocycles. The molecule has 0 unspecified atom stereocenters. The lowest BCUT2D eigenvalue weighted by atomic mass is 10.1. The standard InChI is InChI=1S/C16H14Cl2N4O2S/c17-11-4-3-10(6-12(11)18)22-7-9(5-13(22)23)14(24)19-16-21-20-15(25-16)8-1-2-8/h3-4,6,8-9H,1-2,5,7H2,(H,19,21,24)/t9-/m0/s1. The second-order valence-corrected chi connectivity index (χ2v) is 8.04. The number of hydrogen-bond acceptors (Lipinski definition) is 5. The molecule has 2 amide bonds. The zero-order valence-electron chi connectivity index (χ0n) is 13.0. The van der Waals surface area contributed by atoms with E-state index in [-0.39, 0.29) is 18.2 Å². The van der Waals surface area contributed by atoms with Gasteiger partial charge in [0.25, 0.3) is 0 Å². The van der Waals surface area contributed by atoms with Crippen molar-refractivity contribution in [2.75, 3.05) is 16.8 Å². The summed E-state index contributed by atoms with van der Waals surface area (Å²) < 4.78 is 0. The smallest absolute Gasteiger partial charge is 0.231 e. The first-order valence-corrected chi connectivity index (χ1v) is 9.48. The summed E-state index contributed by atoms with van der Waals surface area (Å²) >= 11 is 13.3. The van der Waals surface area contributed by atoms with Gasteiger partial charge in [-0.05, 0) is 31.0 Å². The first kappa shape index (κ1) is 16.8. The molecule has 2 heterocycles. The van der Waals surface area contributed by atoms with Gasteiger partial charge in [-0.25, -0.2) is 0 Å². The highest BCUT2D eigenvalue weighted by molar-refractivity contribution is 7.15. The maximum absolute atomic E-state index is 12.5. The molecule has 0 spiro atoms. The van der Waals surface area contributed by atoms with Crippen LogP contribution in [-0.4, -0.2) is 28.6 Å². The van der Waals surface area contributed by atoms with E-state index in [1.807, 2.05) is 0 Å². The molecule has 0 bridgehead atoms. The number of halogens is 2. The van der Waals surface area contributed by atoms with E-state index in [9.17, 15) is 9.59 Å². The third-order valence-corrected chi connectivity index (χ3v) is 6.05. The van der Waals surface area contributed by atoms with Gasteiger partial charge in [0, 0.05) is 24.6 Å². The van der Waals surface area contributed by atoms with Gasteiger partial charge in [-0.15, -0.1) is 10.2 Å². The van der Waals surface area contributed by atoms with Crippen molar-refractivity contribution in [3.8, 4) is 0 Å². The average molecular weight is 397 g/mol. The molecule has 1 saturated carbocycles. The van der Waals surface area contributed by atoms with E-state index in [1.54, 1.807) is 23.1 Å². The van der Waals surface area contributed by atoms with Crippen molar-refractivity contribution in [1.82, 2.24) is 10.2 Å². The molecule has 2 fully saturated rings. The Morgan fingerprint density at radius 2 is 2.04 bits per heavy atom. The van der Waals surface area contributed by atoms with Crippen LogP contribution < -0.4 is 10.2 Å². The molecule has 1 aliphatic heterocycles. The summed E-state index contributed by atoms with van der Waals surface area (Å²) in [5.74, 6) is -0.263. The SMILES string of the molecule is O=C(Nc1nnc(C2CC2)s1)[C@H]1CC(=O)N(c2ccc(Cl)c(Cl)c2)C1. The quantitative estimate of drug-likeness (QED) is 0.854. The summed E-state index contributed by atoms with van der Waals surface area (Å²) in [7, 11) is 0. The zero-order chi connectivity index (χ0) is 17.6. The van der Waals surface area contributed by atoms with E-state index < -0.39 is 5.92 Å². The molecule has 25 heavy (non-hydrogen) atoms. The Balaban J connectivity index is 1.43. The number of hydrogen-bond donors (Lipinski definition) is 1. The first-order valence-electron chi connectivity index (χ1n) is 7.91. The maximum Gasteiger partial charge on any atom is 0.231 e. The fourth-order valence-electron chi connectivity index (χ4n) is 2.77. The third kappa shape index (κ3) is 3.49. The van der Waals surface area contributed by atoms with Crippen molar-refractivity contribution in [3.63, 3.8) is 0 Å². The van der Waals surface area contributed by atoms with Crippen molar-refractivity contribution >= 4 is 57.2 Å². The minimum atomic E-state index is -0.435. The summed E-state index contributed by atoms with van der Waals surface area (Å²) in [5, 5.41) is 13.2. The van der Waals surface area contributed by atoms with Gasteiger partial charge in [0.1, 0.15) is 5.01 Å². The topological polar surface area (TPSA) is 75.2 Å². The number of carbonyl (C=O) groups is 2. The number of carbonyl (C=O) groups excluding carboxylic acids is 2. The second-order valence-electron chi connectivity index (χ2n) is 6.21. The van der Waals surface area contributed by atoms with Crippen molar-refractivity contribution < 1.29 is 9.59 Å². The van der Waals surface area contributed by atoms with Crippen molar-refractivity contribution in [2.45, 2.75) is 25.2 Å². The van der Waals surface area contributed by atoms with Crippen LogP contribution in [0.2, 0.25) is 10.0 Å². The van der Waals surface area contributed by atoms with Gasteiger partial charge in [0.2, 0.25) is 16.9 Å². The minimum Gasteiger partial charge on any atom is -0.312 e. The molecule has 1 aliphatic carbocycles. The minimum absolute atomic E-state index is 0.116. The van der Waals surface area contributed by atoms with Crippen LogP contribution in [0, 0.1) is 5.92 Å². The Labute approximate surface area is 158 Å². The van der Waals surface area contributed by atoms with E-state index in [0.717, 1.165) is 17.8 Å². The number of amides is 2. The Morgan fingerprint density at radius 3 is 2.76 bits per heavy atom. The lowest BCUT2D eigenvalue weighted by Crippen LogP contribution is -2.28. The summed E-state index contributed by atoms with van der Waals surface area (Å²) in [6, 6.07) is 4.99.